The summed E-state index contributed by atoms with van der Waals surface area (Å²) in [6, 6.07) is 3.88. The van der Waals surface area contributed by atoms with Gasteiger partial charge >= 0.3 is 0 Å². The van der Waals surface area contributed by atoms with Gasteiger partial charge in [0.2, 0.25) is 0 Å². The van der Waals surface area contributed by atoms with E-state index in [2.05, 4.69) is 34.1 Å². The molecule has 5 heteroatoms. The molecule has 0 unspecified atom stereocenters. The SMILES string of the molecule is CNc1cc(-c2cncc(OC(C)C)c2)nc(C(C)C)n1. The Hall–Kier alpha value is -2.17. The second kappa shape index (κ2) is 6.52. The molecule has 0 aliphatic rings. The van der Waals surface area contributed by atoms with Gasteiger partial charge < -0.3 is 10.1 Å². The average molecular weight is 286 g/mol. The lowest BCUT2D eigenvalue weighted by molar-refractivity contribution is 0.241. The molecule has 0 spiro atoms. The van der Waals surface area contributed by atoms with Gasteiger partial charge in [0.25, 0.3) is 0 Å². The predicted octanol–water partition coefficient (Wildman–Crippen LogP) is 3.49. The third-order valence-electron chi connectivity index (χ3n) is 2.90. The molecule has 0 aromatic carbocycles. The Balaban J connectivity index is 2.43. The molecule has 0 saturated carbocycles. The minimum absolute atomic E-state index is 0.117. The zero-order valence-corrected chi connectivity index (χ0v) is 13.2. The molecule has 0 saturated heterocycles. The number of nitrogens with zero attached hydrogens (tertiary/aromatic N) is 3. The fourth-order valence-electron chi connectivity index (χ4n) is 1.90. The zero-order valence-electron chi connectivity index (χ0n) is 13.2. The van der Waals surface area contributed by atoms with Gasteiger partial charge in [-0.2, -0.15) is 0 Å². The standard InChI is InChI=1S/C16H22N4O/c1-10(2)16-19-14(7-15(17-5)20-16)12-6-13(9-18-8-12)21-11(3)4/h6-11H,1-5H3,(H,17,19,20). The minimum atomic E-state index is 0.117. The lowest BCUT2D eigenvalue weighted by atomic mass is 10.1. The van der Waals surface area contributed by atoms with E-state index >= 15 is 0 Å². The lowest BCUT2D eigenvalue weighted by Crippen LogP contribution is -2.06. The summed E-state index contributed by atoms with van der Waals surface area (Å²) in [5.74, 6) is 2.63. The van der Waals surface area contributed by atoms with Gasteiger partial charge in [-0.05, 0) is 19.9 Å². The molecular formula is C16H22N4O. The third-order valence-corrected chi connectivity index (χ3v) is 2.90. The number of ether oxygens (including phenoxy) is 1. The van der Waals surface area contributed by atoms with E-state index in [9.17, 15) is 0 Å². The highest BCUT2D eigenvalue weighted by atomic mass is 16.5. The maximum absolute atomic E-state index is 5.69. The largest absolute Gasteiger partial charge is 0.489 e. The highest BCUT2D eigenvalue weighted by molar-refractivity contribution is 5.63. The van der Waals surface area contributed by atoms with E-state index in [1.165, 1.54) is 0 Å². The van der Waals surface area contributed by atoms with Crippen molar-refractivity contribution >= 4 is 5.82 Å². The Morgan fingerprint density at radius 1 is 1.05 bits per heavy atom. The van der Waals surface area contributed by atoms with Gasteiger partial charge in [-0.25, -0.2) is 9.97 Å². The van der Waals surface area contributed by atoms with Crippen molar-refractivity contribution in [2.75, 3.05) is 12.4 Å². The highest BCUT2D eigenvalue weighted by Crippen LogP contribution is 2.25. The molecule has 0 amide bonds. The number of pyridine rings is 1. The van der Waals surface area contributed by atoms with E-state index < -0.39 is 0 Å². The summed E-state index contributed by atoms with van der Waals surface area (Å²) < 4.78 is 5.69. The summed E-state index contributed by atoms with van der Waals surface area (Å²) in [6.45, 7) is 8.14. The first-order valence-electron chi connectivity index (χ1n) is 7.18. The Kier molecular flexibility index (Phi) is 4.73. The molecule has 0 bridgehead atoms. The van der Waals surface area contributed by atoms with Crippen LogP contribution in [0.25, 0.3) is 11.3 Å². The molecule has 112 valence electrons. The first-order chi connectivity index (χ1) is 9.99. The van der Waals surface area contributed by atoms with Crippen LogP contribution in [-0.4, -0.2) is 28.1 Å². The Morgan fingerprint density at radius 2 is 1.81 bits per heavy atom. The fraction of sp³-hybridized carbons (Fsp3) is 0.438. The first-order valence-corrected chi connectivity index (χ1v) is 7.18. The van der Waals surface area contributed by atoms with Gasteiger partial charge in [0.15, 0.2) is 0 Å². The van der Waals surface area contributed by atoms with E-state index in [4.69, 9.17) is 4.74 Å². The maximum Gasteiger partial charge on any atom is 0.138 e. The van der Waals surface area contributed by atoms with Crippen LogP contribution < -0.4 is 10.1 Å². The second-order valence-electron chi connectivity index (χ2n) is 5.48. The predicted molar refractivity (Wildman–Crippen MR) is 84.7 cm³/mol. The monoisotopic (exact) mass is 286 g/mol. The molecule has 2 heterocycles. The number of hydrogen-bond acceptors (Lipinski definition) is 5. The summed E-state index contributed by atoms with van der Waals surface area (Å²) in [6.07, 6.45) is 3.62. The van der Waals surface area contributed by atoms with Gasteiger partial charge in [0, 0.05) is 30.8 Å². The lowest BCUT2D eigenvalue weighted by Gasteiger charge is -2.12. The van der Waals surface area contributed by atoms with Crippen LogP contribution in [-0.2, 0) is 0 Å². The van der Waals surface area contributed by atoms with Crippen molar-refractivity contribution in [1.82, 2.24) is 15.0 Å². The van der Waals surface area contributed by atoms with Crippen LogP contribution in [0.15, 0.2) is 24.5 Å². The third kappa shape index (κ3) is 3.90. The minimum Gasteiger partial charge on any atom is -0.489 e. The average Bonchev–Trinajstić information content (AvgIpc) is 2.46. The summed E-state index contributed by atoms with van der Waals surface area (Å²) >= 11 is 0. The second-order valence-corrected chi connectivity index (χ2v) is 5.48. The molecule has 2 rings (SSSR count). The van der Waals surface area contributed by atoms with E-state index in [1.54, 1.807) is 12.4 Å². The number of hydrogen-bond donors (Lipinski definition) is 1. The van der Waals surface area contributed by atoms with Crippen LogP contribution in [0, 0.1) is 0 Å². The van der Waals surface area contributed by atoms with Crippen LogP contribution in [0.4, 0.5) is 5.82 Å². The van der Waals surface area contributed by atoms with E-state index in [-0.39, 0.29) is 12.0 Å². The Bertz CT molecular complexity index is 611. The van der Waals surface area contributed by atoms with E-state index in [1.807, 2.05) is 33.0 Å². The van der Waals surface area contributed by atoms with Gasteiger partial charge in [-0.15, -0.1) is 0 Å². The van der Waals surface area contributed by atoms with E-state index in [0.29, 0.717) is 0 Å². The van der Waals surface area contributed by atoms with Crippen molar-refractivity contribution in [3.63, 3.8) is 0 Å². The summed E-state index contributed by atoms with van der Waals surface area (Å²) in [7, 11) is 1.85. The summed E-state index contributed by atoms with van der Waals surface area (Å²) in [4.78, 5) is 13.3. The molecule has 2 aromatic rings. The van der Waals surface area contributed by atoms with Gasteiger partial charge in [-0.1, -0.05) is 13.8 Å². The molecule has 0 aliphatic carbocycles. The number of anilines is 1. The number of rotatable bonds is 5. The van der Waals surface area contributed by atoms with Crippen molar-refractivity contribution in [3.05, 3.63) is 30.4 Å². The van der Waals surface area contributed by atoms with Crippen LogP contribution in [0.3, 0.4) is 0 Å². The molecule has 0 aliphatic heterocycles. The molecule has 21 heavy (non-hydrogen) atoms. The Labute approximate surface area is 125 Å². The quantitative estimate of drug-likeness (QED) is 0.911. The van der Waals surface area contributed by atoms with Gasteiger partial charge in [-0.3, -0.25) is 4.98 Å². The molecule has 0 atom stereocenters. The van der Waals surface area contributed by atoms with Crippen LogP contribution in [0.5, 0.6) is 5.75 Å². The topological polar surface area (TPSA) is 59.9 Å². The maximum atomic E-state index is 5.69. The molecular weight excluding hydrogens is 264 g/mol. The molecule has 2 aromatic heterocycles. The van der Waals surface area contributed by atoms with Crippen molar-refractivity contribution in [3.8, 4) is 17.0 Å². The zero-order chi connectivity index (χ0) is 15.4. The molecule has 1 N–H and O–H groups in total. The molecule has 0 radical (unpaired) electrons. The van der Waals surface area contributed by atoms with Crippen LogP contribution in [0.1, 0.15) is 39.4 Å². The number of nitrogens with one attached hydrogen (secondary N) is 1. The smallest absolute Gasteiger partial charge is 0.138 e. The summed E-state index contributed by atoms with van der Waals surface area (Å²) in [5.41, 5.74) is 1.77. The van der Waals surface area contributed by atoms with Crippen LogP contribution >= 0.6 is 0 Å². The van der Waals surface area contributed by atoms with Crippen molar-refractivity contribution in [2.24, 2.45) is 0 Å². The Morgan fingerprint density at radius 3 is 2.43 bits per heavy atom. The van der Waals surface area contributed by atoms with Gasteiger partial charge in [0.05, 0.1) is 18.0 Å². The molecule has 0 fully saturated rings. The van der Waals surface area contributed by atoms with Gasteiger partial charge in [0.1, 0.15) is 17.4 Å². The highest BCUT2D eigenvalue weighted by Gasteiger charge is 2.10. The number of aromatic nitrogens is 3. The van der Waals surface area contributed by atoms with E-state index in [0.717, 1.165) is 28.6 Å². The molecule has 5 nitrogen and oxygen atoms in total. The normalized spacial score (nSPS) is 11.0. The first kappa shape index (κ1) is 15.2. The van der Waals surface area contributed by atoms with Crippen LogP contribution in [0.2, 0.25) is 0 Å². The van der Waals surface area contributed by atoms with Crippen molar-refractivity contribution in [1.29, 1.82) is 0 Å². The van der Waals surface area contributed by atoms with Crippen molar-refractivity contribution in [2.45, 2.75) is 39.7 Å². The summed E-state index contributed by atoms with van der Waals surface area (Å²) in [5, 5.41) is 3.08. The van der Waals surface area contributed by atoms with Crippen molar-refractivity contribution < 1.29 is 4.74 Å². The fourth-order valence-corrected chi connectivity index (χ4v) is 1.90.